The highest BCUT2D eigenvalue weighted by Gasteiger charge is 2.40. The number of alkyl halides is 3. The van der Waals surface area contributed by atoms with Gasteiger partial charge in [-0.3, -0.25) is 4.79 Å². The van der Waals surface area contributed by atoms with Crippen LogP contribution in [-0.2, 0) is 10.9 Å². The highest BCUT2D eigenvalue weighted by Crippen LogP contribution is 2.39. The normalized spacial score (nSPS) is 11.5. The Labute approximate surface area is 156 Å². The molecule has 9 heteroatoms. The Morgan fingerprint density at radius 1 is 1.14 bits per heavy atom. The van der Waals surface area contributed by atoms with Crippen LogP contribution in [0, 0.1) is 0 Å². The number of carbonyl (C=O) groups is 1. The maximum absolute atomic E-state index is 13.6. The Hall–Kier alpha value is -3.49. The molecule has 0 amide bonds. The molecule has 0 unspecified atom stereocenters. The molecule has 0 aliphatic rings. The summed E-state index contributed by atoms with van der Waals surface area (Å²) < 4.78 is 50.2. The van der Waals surface area contributed by atoms with Crippen molar-refractivity contribution in [3.05, 3.63) is 64.0 Å². The first-order valence-electron chi connectivity index (χ1n) is 7.92. The second-order valence-electron chi connectivity index (χ2n) is 5.88. The molecule has 2 aromatic carbocycles. The number of hydrogen-bond donors (Lipinski definition) is 1. The molecule has 0 saturated heterocycles. The predicted molar refractivity (Wildman–Crippen MR) is 95.0 cm³/mol. The molecule has 146 valence electrons. The highest BCUT2D eigenvalue weighted by molar-refractivity contribution is 5.90. The van der Waals surface area contributed by atoms with Crippen LogP contribution in [0.5, 0.6) is 5.75 Å². The van der Waals surface area contributed by atoms with Gasteiger partial charge in [0.15, 0.2) is 0 Å². The lowest BCUT2D eigenvalue weighted by Gasteiger charge is -2.22. The number of anilines is 2. The van der Waals surface area contributed by atoms with Gasteiger partial charge in [-0.25, -0.2) is 4.79 Å². The third-order valence-electron chi connectivity index (χ3n) is 4.12. The van der Waals surface area contributed by atoms with E-state index in [1.54, 1.807) is 0 Å². The van der Waals surface area contributed by atoms with Gasteiger partial charge in [0.2, 0.25) is 11.2 Å². The number of carbonyl (C=O) groups excluding carboxylic acids is 1. The Kier molecular flexibility index (Phi) is 4.76. The van der Waals surface area contributed by atoms with Gasteiger partial charge < -0.3 is 19.2 Å². The number of phenols is 1. The van der Waals surface area contributed by atoms with E-state index in [9.17, 15) is 27.9 Å². The van der Waals surface area contributed by atoms with E-state index in [1.165, 1.54) is 50.6 Å². The van der Waals surface area contributed by atoms with E-state index < -0.39 is 29.0 Å². The second-order valence-corrected chi connectivity index (χ2v) is 5.88. The standard InChI is InChI=1S/C19H14F3NO5/c1-23(11-5-3-10(4-6-11)18(26)27-2)15-16(25)13-8-7-12(24)9-14(13)28-17(15)19(20,21)22/h3-9,24H,1-2H3. The van der Waals surface area contributed by atoms with Crippen molar-refractivity contribution in [2.75, 3.05) is 19.1 Å². The summed E-state index contributed by atoms with van der Waals surface area (Å²) in [6, 6.07) is 8.81. The molecule has 0 spiro atoms. The largest absolute Gasteiger partial charge is 0.508 e. The molecular weight excluding hydrogens is 379 g/mol. The first kappa shape index (κ1) is 19.3. The fourth-order valence-electron chi connectivity index (χ4n) is 2.74. The van der Waals surface area contributed by atoms with Gasteiger partial charge >= 0.3 is 12.1 Å². The van der Waals surface area contributed by atoms with Crippen LogP contribution in [0.25, 0.3) is 11.0 Å². The first-order chi connectivity index (χ1) is 13.1. The van der Waals surface area contributed by atoms with Crippen molar-refractivity contribution >= 4 is 28.3 Å². The smallest absolute Gasteiger partial charge is 0.451 e. The molecule has 3 rings (SSSR count). The lowest BCUT2D eigenvalue weighted by molar-refractivity contribution is -0.152. The Bertz CT molecular complexity index is 1100. The van der Waals surface area contributed by atoms with E-state index in [1.807, 2.05) is 0 Å². The Morgan fingerprint density at radius 2 is 1.79 bits per heavy atom. The van der Waals surface area contributed by atoms with E-state index in [-0.39, 0.29) is 28.0 Å². The van der Waals surface area contributed by atoms with E-state index in [2.05, 4.69) is 4.74 Å². The molecule has 0 saturated carbocycles. The third kappa shape index (κ3) is 3.38. The van der Waals surface area contributed by atoms with E-state index in [0.717, 1.165) is 11.0 Å². The minimum Gasteiger partial charge on any atom is -0.508 e. The van der Waals surface area contributed by atoms with Crippen molar-refractivity contribution in [1.29, 1.82) is 0 Å². The Morgan fingerprint density at radius 3 is 2.36 bits per heavy atom. The quantitative estimate of drug-likeness (QED) is 0.676. The fourth-order valence-corrected chi connectivity index (χ4v) is 2.74. The minimum atomic E-state index is -4.95. The molecule has 1 heterocycles. The summed E-state index contributed by atoms with van der Waals surface area (Å²) in [5, 5.41) is 9.36. The number of aromatic hydroxyl groups is 1. The number of nitrogens with zero attached hydrogens (tertiary/aromatic N) is 1. The molecule has 0 aliphatic heterocycles. The number of methoxy groups -OCH3 is 1. The van der Waals surface area contributed by atoms with Gasteiger partial charge in [-0.05, 0) is 36.4 Å². The fraction of sp³-hybridized carbons (Fsp3) is 0.158. The summed E-state index contributed by atoms with van der Waals surface area (Å²) in [6.45, 7) is 0. The third-order valence-corrected chi connectivity index (χ3v) is 4.12. The van der Waals surface area contributed by atoms with Crippen LogP contribution in [0.15, 0.2) is 51.7 Å². The number of halogens is 3. The predicted octanol–water partition coefficient (Wildman–Crippen LogP) is 4.07. The topological polar surface area (TPSA) is 80.0 Å². The molecule has 0 bridgehead atoms. The van der Waals surface area contributed by atoms with Crippen LogP contribution in [0.4, 0.5) is 24.5 Å². The van der Waals surface area contributed by atoms with Crippen LogP contribution >= 0.6 is 0 Å². The summed E-state index contributed by atoms with van der Waals surface area (Å²) in [7, 11) is 2.48. The summed E-state index contributed by atoms with van der Waals surface area (Å²) in [4.78, 5) is 25.3. The molecule has 0 aliphatic carbocycles. The molecule has 0 radical (unpaired) electrons. The lowest BCUT2D eigenvalue weighted by Crippen LogP contribution is -2.24. The maximum atomic E-state index is 13.6. The van der Waals surface area contributed by atoms with Crippen LogP contribution in [0.2, 0.25) is 0 Å². The monoisotopic (exact) mass is 393 g/mol. The van der Waals surface area contributed by atoms with Crippen LogP contribution < -0.4 is 10.3 Å². The molecule has 0 fully saturated rings. The van der Waals surface area contributed by atoms with Crippen LogP contribution in [0.3, 0.4) is 0 Å². The molecule has 3 aromatic rings. The number of ether oxygens (including phenoxy) is 1. The SMILES string of the molecule is COC(=O)c1ccc(N(C)c2c(C(F)(F)F)oc3cc(O)ccc3c2=O)cc1. The van der Waals surface area contributed by atoms with Crippen molar-refractivity contribution in [1.82, 2.24) is 0 Å². The van der Waals surface area contributed by atoms with Gasteiger partial charge in [0.1, 0.15) is 17.0 Å². The van der Waals surface area contributed by atoms with Gasteiger partial charge in [0, 0.05) is 18.8 Å². The van der Waals surface area contributed by atoms with Crippen molar-refractivity contribution in [3.8, 4) is 5.75 Å². The molecule has 1 aromatic heterocycles. The maximum Gasteiger partial charge on any atom is 0.451 e. The van der Waals surface area contributed by atoms with Gasteiger partial charge in [0.25, 0.3) is 0 Å². The molecule has 6 nitrogen and oxygen atoms in total. The number of rotatable bonds is 3. The van der Waals surface area contributed by atoms with Crippen molar-refractivity contribution in [2.45, 2.75) is 6.18 Å². The summed E-state index contributed by atoms with van der Waals surface area (Å²) in [5.74, 6) is -2.42. The van der Waals surface area contributed by atoms with Gasteiger partial charge in [0.05, 0.1) is 18.1 Å². The lowest BCUT2D eigenvalue weighted by atomic mass is 10.1. The van der Waals surface area contributed by atoms with E-state index in [0.29, 0.717) is 0 Å². The zero-order valence-corrected chi connectivity index (χ0v) is 14.7. The number of esters is 1. The Balaban J connectivity index is 2.20. The molecule has 1 N–H and O–H groups in total. The zero-order chi connectivity index (χ0) is 20.6. The highest BCUT2D eigenvalue weighted by atomic mass is 19.4. The van der Waals surface area contributed by atoms with Crippen LogP contribution in [-0.4, -0.2) is 25.2 Å². The number of benzene rings is 2. The van der Waals surface area contributed by atoms with E-state index in [4.69, 9.17) is 4.42 Å². The zero-order valence-electron chi connectivity index (χ0n) is 14.7. The number of hydrogen-bond acceptors (Lipinski definition) is 6. The summed E-state index contributed by atoms with van der Waals surface area (Å²) >= 11 is 0. The van der Waals surface area contributed by atoms with Gasteiger partial charge in [-0.1, -0.05) is 0 Å². The van der Waals surface area contributed by atoms with Crippen molar-refractivity contribution in [2.24, 2.45) is 0 Å². The number of fused-ring (bicyclic) bond motifs is 1. The average Bonchev–Trinajstić information content (AvgIpc) is 2.66. The number of phenolic OH excluding ortho intramolecular Hbond substituents is 1. The molecular formula is C19H14F3NO5. The van der Waals surface area contributed by atoms with Crippen molar-refractivity contribution < 1.29 is 32.2 Å². The van der Waals surface area contributed by atoms with Crippen molar-refractivity contribution in [3.63, 3.8) is 0 Å². The first-order valence-corrected chi connectivity index (χ1v) is 7.92. The molecule has 28 heavy (non-hydrogen) atoms. The molecule has 0 atom stereocenters. The van der Waals surface area contributed by atoms with Gasteiger partial charge in [-0.2, -0.15) is 13.2 Å². The summed E-state index contributed by atoms with van der Waals surface area (Å²) in [5.41, 5.74) is -1.57. The second kappa shape index (κ2) is 6.91. The summed E-state index contributed by atoms with van der Waals surface area (Å²) in [6.07, 6.45) is -4.95. The minimum absolute atomic E-state index is 0.112. The van der Waals surface area contributed by atoms with Crippen LogP contribution in [0.1, 0.15) is 16.1 Å². The van der Waals surface area contributed by atoms with Gasteiger partial charge in [-0.15, -0.1) is 0 Å². The van der Waals surface area contributed by atoms with E-state index >= 15 is 0 Å². The average molecular weight is 393 g/mol.